The van der Waals surface area contributed by atoms with E-state index in [2.05, 4.69) is 15.7 Å². The van der Waals surface area contributed by atoms with E-state index in [9.17, 15) is 4.79 Å². The van der Waals surface area contributed by atoms with Crippen molar-refractivity contribution >= 4 is 5.91 Å². The van der Waals surface area contributed by atoms with E-state index >= 15 is 0 Å². The van der Waals surface area contributed by atoms with Crippen LogP contribution in [0.5, 0.6) is 0 Å². The van der Waals surface area contributed by atoms with Crippen LogP contribution in [0.4, 0.5) is 0 Å². The maximum atomic E-state index is 12.2. The minimum Gasteiger partial charge on any atom is -0.349 e. The van der Waals surface area contributed by atoms with Crippen LogP contribution in [0, 0.1) is 0 Å². The van der Waals surface area contributed by atoms with Crippen molar-refractivity contribution < 1.29 is 4.79 Å². The molecule has 2 N–H and O–H groups in total. The smallest absolute Gasteiger partial charge is 0.254 e. The molecule has 0 saturated carbocycles. The van der Waals surface area contributed by atoms with Crippen molar-refractivity contribution in [2.45, 2.75) is 38.6 Å². The summed E-state index contributed by atoms with van der Waals surface area (Å²) in [5, 5.41) is 10.8. The molecule has 1 aromatic heterocycles. The zero-order valence-electron chi connectivity index (χ0n) is 11.2. The van der Waals surface area contributed by atoms with E-state index in [0.717, 1.165) is 50.0 Å². The lowest BCUT2D eigenvalue weighted by atomic mass is 10.1. The number of aryl methyl sites for hydroxylation is 2. The molecule has 1 amide bonds. The first-order valence-corrected chi connectivity index (χ1v) is 6.74. The average molecular weight is 250 g/mol. The zero-order chi connectivity index (χ0) is 13.0. The van der Waals surface area contributed by atoms with Crippen molar-refractivity contribution in [3.05, 3.63) is 17.5 Å². The lowest BCUT2D eigenvalue weighted by molar-refractivity contribution is 0.0933. The van der Waals surface area contributed by atoms with Crippen molar-refractivity contribution in [1.82, 2.24) is 20.4 Å². The van der Waals surface area contributed by atoms with Crippen LogP contribution >= 0.6 is 0 Å². The molecular formula is C13H22N4O. The van der Waals surface area contributed by atoms with Gasteiger partial charge in [-0.2, -0.15) is 5.10 Å². The second-order valence-corrected chi connectivity index (χ2v) is 4.87. The van der Waals surface area contributed by atoms with Gasteiger partial charge in [0.05, 0.1) is 11.3 Å². The number of nitrogens with one attached hydrogen (secondary N) is 2. The topological polar surface area (TPSA) is 59.0 Å². The molecule has 18 heavy (non-hydrogen) atoms. The molecule has 2 heterocycles. The number of carbonyl (C=O) groups is 1. The van der Waals surface area contributed by atoms with Crippen LogP contribution in [0.2, 0.25) is 0 Å². The van der Waals surface area contributed by atoms with Crippen LogP contribution in [0.3, 0.4) is 0 Å². The highest BCUT2D eigenvalue weighted by molar-refractivity contribution is 5.95. The van der Waals surface area contributed by atoms with Crippen molar-refractivity contribution in [2.24, 2.45) is 7.05 Å². The molecule has 1 fully saturated rings. The second-order valence-electron chi connectivity index (χ2n) is 4.87. The van der Waals surface area contributed by atoms with E-state index < -0.39 is 0 Å². The average Bonchev–Trinajstić information content (AvgIpc) is 2.57. The fraction of sp³-hybridized carbons (Fsp3) is 0.692. The van der Waals surface area contributed by atoms with Crippen LogP contribution in [0.25, 0.3) is 0 Å². The largest absolute Gasteiger partial charge is 0.349 e. The van der Waals surface area contributed by atoms with E-state index in [1.165, 1.54) is 0 Å². The Bertz CT molecular complexity index is 405. The molecule has 1 saturated heterocycles. The minimum atomic E-state index is 0.0202. The molecule has 0 aromatic carbocycles. The molecule has 0 radical (unpaired) electrons. The summed E-state index contributed by atoms with van der Waals surface area (Å²) in [7, 11) is 1.85. The number of aromatic nitrogens is 2. The van der Waals surface area contributed by atoms with Gasteiger partial charge in [0, 0.05) is 19.3 Å². The number of nitrogens with zero attached hydrogens (tertiary/aromatic N) is 2. The molecule has 1 aliphatic rings. The van der Waals surface area contributed by atoms with E-state index in [-0.39, 0.29) is 11.9 Å². The lowest BCUT2D eigenvalue weighted by Gasteiger charge is -2.15. The van der Waals surface area contributed by atoms with Crippen LogP contribution < -0.4 is 10.6 Å². The Hall–Kier alpha value is -1.36. The molecule has 5 heteroatoms. The summed E-state index contributed by atoms with van der Waals surface area (Å²) in [6.07, 6.45) is 5.78. The molecule has 5 nitrogen and oxygen atoms in total. The van der Waals surface area contributed by atoms with Gasteiger partial charge in [0.1, 0.15) is 0 Å². The summed E-state index contributed by atoms with van der Waals surface area (Å²) >= 11 is 0. The van der Waals surface area contributed by atoms with Crippen molar-refractivity contribution in [3.8, 4) is 0 Å². The molecule has 2 rings (SSSR count). The minimum absolute atomic E-state index is 0.0202. The molecule has 100 valence electrons. The Morgan fingerprint density at radius 3 is 3.17 bits per heavy atom. The van der Waals surface area contributed by atoms with Crippen LogP contribution in [-0.4, -0.2) is 34.8 Å². The maximum absolute atomic E-state index is 12.2. The SMILES string of the molecule is CCc1nn(C)cc1C(=O)NC1CCCNCC1. The Labute approximate surface area is 108 Å². The van der Waals surface area contributed by atoms with Crippen molar-refractivity contribution in [3.63, 3.8) is 0 Å². The van der Waals surface area contributed by atoms with Gasteiger partial charge in [0.2, 0.25) is 0 Å². The molecule has 0 spiro atoms. The van der Waals surface area contributed by atoms with Gasteiger partial charge in [-0.1, -0.05) is 6.92 Å². The summed E-state index contributed by atoms with van der Waals surface area (Å²) in [6.45, 7) is 4.06. The fourth-order valence-electron chi connectivity index (χ4n) is 2.41. The number of hydrogen-bond donors (Lipinski definition) is 2. The quantitative estimate of drug-likeness (QED) is 0.836. The zero-order valence-corrected chi connectivity index (χ0v) is 11.2. The molecule has 0 bridgehead atoms. The third-order valence-electron chi connectivity index (χ3n) is 3.40. The molecule has 0 aliphatic carbocycles. The van der Waals surface area contributed by atoms with E-state index in [0.29, 0.717) is 0 Å². The summed E-state index contributed by atoms with van der Waals surface area (Å²) in [5.74, 6) is 0.0202. The van der Waals surface area contributed by atoms with Crippen LogP contribution in [0.15, 0.2) is 6.20 Å². The highest BCUT2D eigenvalue weighted by atomic mass is 16.1. The number of rotatable bonds is 3. The maximum Gasteiger partial charge on any atom is 0.254 e. The number of carbonyl (C=O) groups excluding carboxylic acids is 1. The Kier molecular flexibility index (Phi) is 4.36. The second kappa shape index (κ2) is 6.00. The van der Waals surface area contributed by atoms with Gasteiger partial charge in [0.15, 0.2) is 0 Å². The standard InChI is InChI=1S/C13H22N4O/c1-3-12-11(9-17(2)16-12)13(18)15-10-5-4-7-14-8-6-10/h9-10,14H,3-8H2,1-2H3,(H,15,18). The normalized spacial score (nSPS) is 20.4. The highest BCUT2D eigenvalue weighted by Gasteiger charge is 2.19. The lowest BCUT2D eigenvalue weighted by Crippen LogP contribution is -2.35. The Balaban J connectivity index is 2.01. The molecule has 1 atom stereocenters. The van der Waals surface area contributed by atoms with Gasteiger partial charge < -0.3 is 10.6 Å². The number of amides is 1. The van der Waals surface area contributed by atoms with Crippen LogP contribution in [-0.2, 0) is 13.5 Å². The van der Waals surface area contributed by atoms with E-state index in [1.807, 2.05) is 20.2 Å². The van der Waals surface area contributed by atoms with E-state index in [4.69, 9.17) is 0 Å². The first-order chi connectivity index (χ1) is 8.70. The summed E-state index contributed by atoms with van der Waals surface area (Å²) < 4.78 is 1.71. The van der Waals surface area contributed by atoms with Gasteiger partial charge in [-0.05, 0) is 38.8 Å². The molecular weight excluding hydrogens is 228 g/mol. The van der Waals surface area contributed by atoms with Crippen molar-refractivity contribution in [1.29, 1.82) is 0 Å². The van der Waals surface area contributed by atoms with Gasteiger partial charge in [-0.15, -0.1) is 0 Å². The molecule has 1 unspecified atom stereocenters. The monoisotopic (exact) mass is 250 g/mol. The fourth-order valence-corrected chi connectivity index (χ4v) is 2.41. The van der Waals surface area contributed by atoms with Gasteiger partial charge in [-0.3, -0.25) is 9.48 Å². The predicted octanol–water partition coefficient (Wildman–Crippen LogP) is 0.854. The predicted molar refractivity (Wildman–Crippen MR) is 70.6 cm³/mol. The molecule has 1 aromatic rings. The molecule has 1 aliphatic heterocycles. The highest BCUT2D eigenvalue weighted by Crippen LogP contribution is 2.10. The van der Waals surface area contributed by atoms with Crippen molar-refractivity contribution in [2.75, 3.05) is 13.1 Å². The van der Waals surface area contributed by atoms with E-state index in [1.54, 1.807) is 4.68 Å². The van der Waals surface area contributed by atoms with Gasteiger partial charge >= 0.3 is 0 Å². The Morgan fingerprint density at radius 1 is 1.56 bits per heavy atom. The number of hydrogen-bond acceptors (Lipinski definition) is 3. The summed E-state index contributed by atoms with van der Waals surface area (Å²) in [4.78, 5) is 12.2. The van der Waals surface area contributed by atoms with Gasteiger partial charge in [0.25, 0.3) is 5.91 Å². The third-order valence-corrected chi connectivity index (χ3v) is 3.40. The Morgan fingerprint density at radius 2 is 2.39 bits per heavy atom. The van der Waals surface area contributed by atoms with Gasteiger partial charge in [-0.25, -0.2) is 0 Å². The summed E-state index contributed by atoms with van der Waals surface area (Å²) in [6, 6.07) is 0.289. The first kappa shape index (κ1) is 13.1. The van der Waals surface area contributed by atoms with Crippen LogP contribution in [0.1, 0.15) is 42.2 Å². The third kappa shape index (κ3) is 3.10. The first-order valence-electron chi connectivity index (χ1n) is 6.74. The summed E-state index contributed by atoms with van der Waals surface area (Å²) in [5.41, 5.74) is 1.60.